The summed E-state index contributed by atoms with van der Waals surface area (Å²) in [6, 6.07) is 12.6. The van der Waals surface area contributed by atoms with Gasteiger partial charge in [-0.25, -0.2) is 9.37 Å². The normalized spacial score (nSPS) is 10.4. The highest BCUT2D eigenvalue weighted by Crippen LogP contribution is 2.32. The van der Waals surface area contributed by atoms with Gasteiger partial charge in [0.1, 0.15) is 17.7 Å². The van der Waals surface area contributed by atoms with Gasteiger partial charge >= 0.3 is 0 Å². The quantitative estimate of drug-likeness (QED) is 0.787. The number of nitrogens with zero attached hydrogens (tertiary/aromatic N) is 3. The summed E-state index contributed by atoms with van der Waals surface area (Å²) in [6.07, 6.45) is 1.64. The number of nitrogen functional groups attached to an aromatic ring is 1. The maximum atomic E-state index is 13.6. The van der Waals surface area contributed by atoms with Crippen LogP contribution in [-0.2, 0) is 7.05 Å². The van der Waals surface area contributed by atoms with Crippen LogP contribution < -0.4 is 11.3 Å². The lowest BCUT2D eigenvalue weighted by molar-refractivity contribution is 0.628. The van der Waals surface area contributed by atoms with Crippen LogP contribution in [0, 0.1) is 17.1 Å². The Bertz CT molecular complexity index is 1030. The SMILES string of the molecule is Cn1cc(-c2cc(C#N)c(N)nc2-c2cccc(F)c2)ccc1=O. The topological polar surface area (TPSA) is 84.7 Å². The molecule has 0 fully saturated rings. The number of anilines is 1. The molecular weight excluding hydrogens is 307 g/mol. The predicted octanol–water partition coefficient (Wildman–Crippen LogP) is 2.71. The molecule has 0 aliphatic rings. The van der Waals surface area contributed by atoms with E-state index in [0.29, 0.717) is 22.4 Å². The summed E-state index contributed by atoms with van der Waals surface area (Å²) in [4.78, 5) is 15.9. The minimum Gasteiger partial charge on any atom is -0.383 e. The average molecular weight is 320 g/mol. The molecule has 3 aromatic rings. The summed E-state index contributed by atoms with van der Waals surface area (Å²) in [6.45, 7) is 0. The molecule has 0 saturated carbocycles. The van der Waals surface area contributed by atoms with Crippen LogP contribution in [0.5, 0.6) is 0 Å². The van der Waals surface area contributed by atoms with E-state index in [2.05, 4.69) is 4.98 Å². The van der Waals surface area contributed by atoms with Crippen LogP contribution in [0.25, 0.3) is 22.4 Å². The molecule has 118 valence electrons. The molecule has 2 N–H and O–H groups in total. The number of aryl methyl sites for hydroxylation is 1. The van der Waals surface area contributed by atoms with E-state index in [-0.39, 0.29) is 16.9 Å². The van der Waals surface area contributed by atoms with Crippen molar-refractivity contribution in [2.45, 2.75) is 0 Å². The largest absolute Gasteiger partial charge is 0.383 e. The second-order valence-corrected chi connectivity index (χ2v) is 5.31. The number of halogens is 1. The molecule has 0 unspecified atom stereocenters. The third kappa shape index (κ3) is 2.75. The highest BCUT2D eigenvalue weighted by atomic mass is 19.1. The van der Waals surface area contributed by atoms with Crippen LogP contribution in [0.2, 0.25) is 0 Å². The Balaban J connectivity index is 2.32. The van der Waals surface area contributed by atoms with Crippen LogP contribution in [-0.4, -0.2) is 9.55 Å². The smallest absolute Gasteiger partial charge is 0.250 e. The molecule has 3 rings (SSSR count). The van der Waals surface area contributed by atoms with Gasteiger partial charge in [0.2, 0.25) is 5.56 Å². The van der Waals surface area contributed by atoms with Crippen LogP contribution in [0.15, 0.2) is 53.5 Å². The van der Waals surface area contributed by atoms with E-state index >= 15 is 0 Å². The Morgan fingerprint density at radius 2 is 2.00 bits per heavy atom. The Kier molecular flexibility index (Phi) is 3.84. The Hall–Kier alpha value is -3.46. The zero-order valence-electron chi connectivity index (χ0n) is 12.8. The third-order valence-electron chi connectivity index (χ3n) is 3.67. The summed E-state index contributed by atoms with van der Waals surface area (Å²) in [5.74, 6) is -0.325. The first kappa shape index (κ1) is 15.4. The Morgan fingerprint density at radius 3 is 2.67 bits per heavy atom. The van der Waals surface area contributed by atoms with Gasteiger partial charge in [0, 0.05) is 36.0 Å². The van der Waals surface area contributed by atoms with E-state index in [1.165, 1.54) is 22.8 Å². The number of hydrogen-bond donors (Lipinski definition) is 1. The molecule has 0 aliphatic carbocycles. The second kappa shape index (κ2) is 5.97. The monoisotopic (exact) mass is 320 g/mol. The van der Waals surface area contributed by atoms with Crippen LogP contribution >= 0.6 is 0 Å². The fourth-order valence-electron chi connectivity index (χ4n) is 2.45. The van der Waals surface area contributed by atoms with Crippen molar-refractivity contribution in [2.75, 3.05) is 5.73 Å². The first-order chi connectivity index (χ1) is 11.5. The van der Waals surface area contributed by atoms with Gasteiger partial charge in [0.05, 0.1) is 11.3 Å². The second-order valence-electron chi connectivity index (χ2n) is 5.31. The third-order valence-corrected chi connectivity index (χ3v) is 3.67. The number of nitrogens with two attached hydrogens (primary N) is 1. The molecule has 24 heavy (non-hydrogen) atoms. The summed E-state index contributed by atoms with van der Waals surface area (Å²) in [5.41, 5.74) is 8.16. The van der Waals surface area contributed by atoms with Crippen molar-refractivity contribution in [1.82, 2.24) is 9.55 Å². The number of aromatic nitrogens is 2. The summed E-state index contributed by atoms with van der Waals surface area (Å²) in [7, 11) is 1.63. The zero-order chi connectivity index (χ0) is 17.3. The van der Waals surface area contributed by atoms with Crippen molar-refractivity contribution in [2.24, 2.45) is 7.05 Å². The maximum Gasteiger partial charge on any atom is 0.250 e. The molecule has 2 aromatic heterocycles. The van der Waals surface area contributed by atoms with Gasteiger partial charge in [0.25, 0.3) is 0 Å². The summed E-state index contributed by atoms with van der Waals surface area (Å²) >= 11 is 0. The summed E-state index contributed by atoms with van der Waals surface area (Å²) in [5, 5.41) is 9.21. The highest BCUT2D eigenvalue weighted by molar-refractivity contribution is 5.83. The van der Waals surface area contributed by atoms with Gasteiger partial charge in [0.15, 0.2) is 0 Å². The fourth-order valence-corrected chi connectivity index (χ4v) is 2.45. The Labute approximate surface area is 137 Å². The molecule has 0 spiro atoms. The minimum atomic E-state index is -0.399. The molecule has 5 nitrogen and oxygen atoms in total. The Morgan fingerprint density at radius 1 is 1.21 bits per heavy atom. The van der Waals surface area contributed by atoms with E-state index in [1.807, 2.05) is 6.07 Å². The van der Waals surface area contributed by atoms with Crippen LogP contribution in [0.3, 0.4) is 0 Å². The van der Waals surface area contributed by atoms with E-state index in [4.69, 9.17) is 5.73 Å². The number of rotatable bonds is 2. The van der Waals surface area contributed by atoms with E-state index in [0.717, 1.165) is 0 Å². The van der Waals surface area contributed by atoms with Gasteiger partial charge in [-0.3, -0.25) is 4.79 Å². The van der Waals surface area contributed by atoms with E-state index in [1.54, 1.807) is 37.5 Å². The first-order valence-corrected chi connectivity index (χ1v) is 7.13. The molecular formula is C18H13FN4O. The highest BCUT2D eigenvalue weighted by Gasteiger charge is 2.14. The summed E-state index contributed by atoms with van der Waals surface area (Å²) < 4.78 is 15.0. The van der Waals surface area contributed by atoms with Crippen molar-refractivity contribution >= 4 is 5.82 Å². The standard InChI is InChI=1S/C18H13FN4O/c1-23-10-12(5-6-16(23)24)15-8-13(9-20)18(21)22-17(15)11-3-2-4-14(19)7-11/h2-8,10H,1H3,(H2,21,22). The van der Waals surface area contributed by atoms with Crippen molar-refractivity contribution in [3.05, 3.63) is 70.4 Å². The lowest BCUT2D eigenvalue weighted by Crippen LogP contribution is -2.14. The van der Waals surface area contributed by atoms with E-state index < -0.39 is 5.82 Å². The molecule has 0 bridgehead atoms. The van der Waals surface area contributed by atoms with Gasteiger partial charge < -0.3 is 10.3 Å². The molecule has 1 aromatic carbocycles. The minimum absolute atomic E-state index is 0.0744. The van der Waals surface area contributed by atoms with Gasteiger partial charge in [-0.1, -0.05) is 12.1 Å². The number of benzene rings is 1. The predicted molar refractivity (Wildman–Crippen MR) is 89.4 cm³/mol. The molecule has 0 saturated heterocycles. The van der Waals surface area contributed by atoms with Crippen molar-refractivity contribution in [3.63, 3.8) is 0 Å². The molecule has 0 radical (unpaired) electrons. The fraction of sp³-hybridized carbons (Fsp3) is 0.0556. The van der Waals surface area contributed by atoms with Gasteiger partial charge in [-0.05, 0) is 24.3 Å². The number of pyridine rings is 2. The van der Waals surface area contributed by atoms with Crippen molar-refractivity contribution < 1.29 is 4.39 Å². The van der Waals surface area contributed by atoms with E-state index in [9.17, 15) is 14.4 Å². The first-order valence-electron chi connectivity index (χ1n) is 7.13. The lowest BCUT2D eigenvalue weighted by atomic mass is 9.98. The zero-order valence-corrected chi connectivity index (χ0v) is 12.8. The number of nitriles is 1. The van der Waals surface area contributed by atoms with Gasteiger partial charge in [-0.2, -0.15) is 5.26 Å². The molecule has 2 heterocycles. The van der Waals surface area contributed by atoms with Crippen LogP contribution in [0.1, 0.15) is 5.56 Å². The lowest BCUT2D eigenvalue weighted by Gasteiger charge is -2.12. The maximum absolute atomic E-state index is 13.6. The molecule has 0 amide bonds. The van der Waals surface area contributed by atoms with Crippen LogP contribution in [0.4, 0.5) is 10.2 Å². The average Bonchev–Trinajstić information content (AvgIpc) is 2.57. The van der Waals surface area contributed by atoms with Crippen molar-refractivity contribution in [3.8, 4) is 28.5 Å². The van der Waals surface area contributed by atoms with Gasteiger partial charge in [-0.15, -0.1) is 0 Å². The number of hydrogen-bond acceptors (Lipinski definition) is 4. The molecule has 0 atom stereocenters. The molecule has 0 aliphatic heterocycles. The van der Waals surface area contributed by atoms with Crippen molar-refractivity contribution in [1.29, 1.82) is 5.26 Å². The molecule has 6 heteroatoms.